The Morgan fingerprint density at radius 1 is 1.56 bits per heavy atom. The molecule has 0 spiro atoms. The van der Waals surface area contributed by atoms with Gasteiger partial charge < -0.3 is 4.74 Å². The number of nitro groups is 1. The highest BCUT2D eigenvalue weighted by Gasteiger charge is 2.17. The maximum Gasteiger partial charge on any atom is 0.272 e. The molecule has 0 amide bonds. The fourth-order valence-corrected chi connectivity index (χ4v) is 1.86. The molecule has 1 atom stereocenters. The molecule has 0 bridgehead atoms. The molecule has 0 fully saturated rings. The second-order valence-corrected chi connectivity index (χ2v) is 4.34. The van der Waals surface area contributed by atoms with E-state index in [1.54, 1.807) is 6.07 Å². The van der Waals surface area contributed by atoms with E-state index in [-0.39, 0.29) is 11.1 Å². The molecule has 1 unspecified atom stereocenters. The van der Waals surface area contributed by atoms with Crippen LogP contribution in [0.25, 0.3) is 0 Å². The lowest BCUT2D eigenvalue weighted by Crippen LogP contribution is -2.11. The summed E-state index contributed by atoms with van der Waals surface area (Å²) in [6.45, 7) is 0.339. The topological polar surface area (TPSA) is 52.4 Å². The third-order valence-corrected chi connectivity index (χ3v) is 2.54. The third-order valence-electron chi connectivity index (χ3n) is 2.03. The van der Waals surface area contributed by atoms with Crippen molar-refractivity contribution >= 4 is 28.9 Å². The molecule has 0 heterocycles. The summed E-state index contributed by atoms with van der Waals surface area (Å²) in [4.78, 5) is 10.3. The molecular weight excluding hydrogens is 253 g/mol. The summed E-state index contributed by atoms with van der Waals surface area (Å²) in [6.07, 6.45) is 0.353. The van der Waals surface area contributed by atoms with Gasteiger partial charge in [0.05, 0.1) is 16.9 Å². The predicted molar refractivity (Wildman–Crippen MR) is 63.3 cm³/mol. The van der Waals surface area contributed by atoms with Gasteiger partial charge in [-0.05, 0) is 18.6 Å². The van der Waals surface area contributed by atoms with Crippen molar-refractivity contribution < 1.29 is 9.66 Å². The molecule has 0 aliphatic carbocycles. The Balaban J connectivity index is 2.92. The monoisotopic (exact) mass is 263 g/mol. The van der Waals surface area contributed by atoms with Crippen LogP contribution in [0.4, 0.5) is 5.69 Å². The van der Waals surface area contributed by atoms with Gasteiger partial charge in [-0.3, -0.25) is 10.1 Å². The molecule has 0 aromatic heterocycles. The first-order chi connectivity index (χ1) is 7.54. The van der Waals surface area contributed by atoms with Gasteiger partial charge >= 0.3 is 0 Å². The van der Waals surface area contributed by atoms with Crippen molar-refractivity contribution in [2.75, 3.05) is 13.7 Å². The summed E-state index contributed by atoms with van der Waals surface area (Å²) in [5, 5.41) is 10.9. The van der Waals surface area contributed by atoms with Crippen LogP contribution in [-0.4, -0.2) is 24.0 Å². The Bertz CT molecular complexity index is 384. The average molecular weight is 264 g/mol. The fraction of sp³-hybridized carbons (Fsp3) is 0.400. The fourth-order valence-electron chi connectivity index (χ4n) is 1.37. The maximum atomic E-state index is 10.8. The number of rotatable bonds is 5. The molecule has 0 saturated heterocycles. The van der Waals surface area contributed by atoms with Crippen molar-refractivity contribution in [2.24, 2.45) is 0 Å². The van der Waals surface area contributed by atoms with Crippen LogP contribution in [0.5, 0.6) is 0 Å². The average Bonchev–Trinajstić information content (AvgIpc) is 2.17. The van der Waals surface area contributed by atoms with E-state index in [1.165, 1.54) is 19.2 Å². The quantitative estimate of drug-likeness (QED) is 0.466. The predicted octanol–water partition coefficient (Wildman–Crippen LogP) is 3.04. The molecule has 16 heavy (non-hydrogen) atoms. The van der Waals surface area contributed by atoms with E-state index in [1.807, 2.05) is 0 Å². The first kappa shape index (κ1) is 13.2. The largest absolute Gasteiger partial charge is 0.383 e. The zero-order valence-electron chi connectivity index (χ0n) is 8.65. The van der Waals surface area contributed by atoms with Crippen LogP contribution < -0.4 is 0 Å². The minimum Gasteiger partial charge on any atom is -0.383 e. The van der Waals surface area contributed by atoms with E-state index in [2.05, 4.69) is 0 Å². The van der Waals surface area contributed by atoms with Gasteiger partial charge in [-0.15, -0.1) is 11.6 Å². The lowest BCUT2D eigenvalue weighted by Gasteiger charge is -2.08. The summed E-state index contributed by atoms with van der Waals surface area (Å²) in [5.41, 5.74) is 0.556. The highest BCUT2D eigenvalue weighted by molar-refractivity contribution is 6.30. The summed E-state index contributed by atoms with van der Waals surface area (Å²) in [6, 6.07) is 4.43. The van der Waals surface area contributed by atoms with Crippen LogP contribution >= 0.6 is 23.2 Å². The Hall–Kier alpha value is -0.840. The zero-order chi connectivity index (χ0) is 12.1. The van der Waals surface area contributed by atoms with Gasteiger partial charge in [-0.1, -0.05) is 11.6 Å². The summed E-state index contributed by atoms with van der Waals surface area (Å²) in [5.74, 6) is 0. The van der Waals surface area contributed by atoms with Crippen LogP contribution in [0, 0.1) is 10.1 Å². The summed E-state index contributed by atoms with van der Waals surface area (Å²) < 4.78 is 4.87. The standard InChI is InChI=1S/C10H11Cl2NO3/c1-16-6-9(12)5-7-4-8(11)2-3-10(7)13(14)15/h2-4,9H,5-6H2,1H3. The van der Waals surface area contributed by atoms with Gasteiger partial charge in [0.2, 0.25) is 0 Å². The Kier molecular flexibility index (Phi) is 4.99. The molecule has 88 valence electrons. The van der Waals surface area contributed by atoms with E-state index in [0.717, 1.165) is 0 Å². The van der Waals surface area contributed by atoms with Gasteiger partial charge in [0.25, 0.3) is 5.69 Å². The number of methoxy groups -OCH3 is 1. The van der Waals surface area contributed by atoms with Gasteiger partial charge in [0.1, 0.15) is 0 Å². The number of hydrogen-bond acceptors (Lipinski definition) is 3. The van der Waals surface area contributed by atoms with Gasteiger partial charge in [-0.25, -0.2) is 0 Å². The number of nitro benzene ring substituents is 1. The number of halogens is 2. The number of ether oxygens (including phenoxy) is 1. The highest BCUT2D eigenvalue weighted by atomic mass is 35.5. The summed E-state index contributed by atoms with van der Waals surface area (Å²) in [7, 11) is 1.53. The molecule has 1 aromatic rings. The SMILES string of the molecule is COCC(Cl)Cc1cc(Cl)ccc1[N+](=O)[O-]. The summed E-state index contributed by atoms with van der Waals surface area (Å²) >= 11 is 11.7. The minimum atomic E-state index is -0.442. The van der Waals surface area contributed by atoms with Crippen LogP contribution in [0.15, 0.2) is 18.2 Å². The van der Waals surface area contributed by atoms with Crippen molar-refractivity contribution in [3.63, 3.8) is 0 Å². The molecule has 0 aliphatic heterocycles. The normalized spacial score (nSPS) is 12.4. The Morgan fingerprint density at radius 2 is 2.25 bits per heavy atom. The second kappa shape index (κ2) is 6.03. The molecule has 6 heteroatoms. The maximum absolute atomic E-state index is 10.8. The molecule has 4 nitrogen and oxygen atoms in total. The minimum absolute atomic E-state index is 0.0335. The van der Waals surface area contributed by atoms with Crippen LogP contribution in [0.3, 0.4) is 0 Å². The van der Waals surface area contributed by atoms with Crippen LogP contribution in [0.2, 0.25) is 5.02 Å². The molecular formula is C10H11Cl2NO3. The van der Waals surface area contributed by atoms with Crippen molar-refractivity contribution in [1.82, 2.24) is 0 Å². The number of hydrogen-bond donors (Lipinski definition) is 0. The van der Waals surface area contributed by atoms with Crippen molar-refractivity contribution in [2.45, 2.75) is 11.8 Å². The highest BCUT2D eigenvalue weighted by Crippen LogP contribution is 2.25. The first-order valence-corrected chi connectivity index (χ1v) is 5.42. The molecule has 1 rings (SSSR count). The van der Waals surface area contributed by atoms with Crippen LogP contribution in [0.1, 0.15) is 5.56 Å². The Morgan fingerprint density at radius 3 is 2.81 bits per heavy atom. The first-order valence-electron chi connectivity index (χ1n) is 4.60. The van der Waals surface area contributed by atoms with E-state index >= 15 is 0 Å². The molecule has 0 radical (unpaired) electrons. The van der Waals surface area contributed by atoms with Crippen molar-refractivity contribution in [1.29, 1.82) is 0 Å². The lowest BCUT2D eigenvalue weighted by atomic mass is 10.1. The van der Waals surface area contributed by atoms with Crippen molar-refractivity contribution in [3.8, 4) is 0 Å². The van der Waals surface area contributed by atoms with Gasteiger partial charge in [-0.2, -0.15) is 0 Å². The third kappa shape index (κ3) is 3.63. The number of nitrogens with zero attached hydrogens (tertiary/aromatic N) is 1. The molecule has 0 N–H and O–H groups in total. The van der Waals surface area contributed by atoms with Crippen molar-refractivity contribution in [3.05, 3.63) is 38.9 Å². The molecule has 0 saturated carbocycles. The molecule has 1 aromatic carbocycles. The lowest BCUT2D eigenvalue weighted by molar-refractivity contribution is -0.385. The van der Waals surface area contributed by atoms with E-state index in [9.17, 15) is 10.1 Å². The second-order valence-electron chi connectivity index (χ2n) is 3.29. The zero-order valence-corrected chi connectivity index (χ0v) is 10.2. The van der Waals surface area contributed by atoms with E-state index in [4.69, 9.17) is 27.9 Å². The van der Waals surface area contributed by atoms with E-state index in [0.29, 0.717) is 23.6 Å². The van der Waals surface area contributed by atoms with Gasteiger partial charge in [0.15, 0.2) is 0 Å². The number of benzene rings is 1. The molecule has 0 aliphatic rings. The Labute approximate surface area is 103 Å². The smallest absolute Gasteiger partial charge is 0.272 e. The van der Waals surface area contributed by atoms with Crippen LogP contribution in [-0.2, 0) is 11.2 Å². The van der Waals surface area contributed by atoms with E-state index < -0.39 is 4.92 Å². The van der Waals surface area contributed by atoms with Gasteiger partial charge in [0, 0.05) is 23.8 Å². The number of alkyl halides is 1.